The van der Waals surface area contributed by atoms with Crippen molar-refractivity contribution >= 4 is 16.8 Å². The zero-order valence-corrected chi connectivity index (χ0v) is 15.5. The highest BCUT2D eigenvalue weighted by molar-refractivity contribution is 6.04. The molecule has 0 spiro atoms. The number of hydrogen-bond donors (Lipinski definition) is 2. The van der Waals surface area contributed by atoms with Gasteiger partial charge in [0, 0.05) is 23.5 Å². The SMILES string of the molecule is CCC12CNCCC1(c1ccc(-n3cc4cccc(C(N)=O)c4n3)cc1)C2. The van der Waals surface area contributed by atoms with Crippen LogP contribution in [-0.4, -0.2) is 28.8 Å². The van der Waals surface area contributed by atoms with E-state index in [0.29, 0.717) is 21.9 Å². The maximum Gasteiger partial charge on any atom is 0.250 e. The number of fused-ring (bicyclic) bond motifs is 2. The molecule has 138 valence electrons. The summed E-state index contributed by atoms with van der Waals surface area (Å²) in [4.78, 5) is 11.6. The first-order chi connectivity index (χ1) is 13.1. The Balaban J connectivity index is 1.50. The van der Waals surface area contributed by atoms with Crippen LogP contribution in [0, 0.1) is 5.41 Å². The van der Waals surface area contributed by atoms with Crippen LogP contribution in [0.3, 0.4) is 0 Å². The highest BCUT2D eigenvalue weighted by atomic mass is 16.1. The maximum atomic E-state index is 11.6. The first-order valence-corrected chi connectivity index (χ1v) is 9.68. The van der Waals surface area contributed by atoms with Crippen LogP contribution in [0.5, 0.6) is 0 Å². The van der Waals surface area contributed by atoms with Crippen molar-refractivity contribution in [3.63, 3.8) is 0 Å². The van der Waals surface area contributed by atoms with E-state index in [1.54, 1.807) is 6.07 Å². The number of carbonyl (C=O) groups is 1. The summed E-state index contributed by atoms with van der Waals surface area (Å²) in [6.45, 7) is 4.55. The number of nitrogens with two attached hydrogens (primary N) is 1. The Morgan fingerprint density at radius 3 is 2.81 bits per heavy atom. The zero-order chi connectivity index (χ0) is 18.6. The molecule has 5 nitrogen and oxygen atoms in total. The summed E-state index contributed by atoms with van der Waals surface area (Å²) < 4.78 is 1.83. The molecule has 0 radical (unpaired) electrons. The molecular formula is C22H24N4O. The van der Waals surface area contributed by atoms with Crippen LogP contribution in [0.2, 0.25) is 0 Å². The monoisotopic (exact) mass is 360 g/mol. The van der Waals surface area contributed by atoms with E-state index in [2.05, 4.69) is 41.6 Å². The Bertz CT molecular complexity index is 1040. The highest BCUT2D eigenvalue weighted by Crippen LogP contribution is 2.69. The van der Waals surface area contributed by atoms with Gasteiger partial charge in [-0.25, -0.2) is 4.68 Å². The Labute approximate surface area is 158 Å². The van der Waals surface area contributed by atoms with Gasteiger partial charge in [0.2, 0.25) is 0 Å². The summed E-state index contributed by atoms with van der Waals surface area (Å²) in [5.41, 5.74) is 9.82. The predicted molar refractivity (Wildman–Crippen MR) is 106 cm³/mol. The molecule has 27 heavy (non-hydrogen) atoms. The Morgan fingerprint density at radius 1 is 1.26 bits per heavy atom. The van der Waals surface area contributed by atoms with Crippen molar-refractivity contribution in [2.24, 2.45) is 11.1 Å². The van der Waals surface area contributed by atoms with Gasteiger partial charge in [-0.2, -0.15) is 5.10 Å². The number of primary amides is 1. The van der Waals surface area contributed by atoms with Gasteiger partial charge in [0.15, 0.2) is 0 Å². The second-order valence-electron chi connectivity index (χ2n) is 8.05. The molecule has 2 heterocycles. The lowest BCUT2D eigenvalue weighted by Crippen LogP contribution is -2.38. The molecule has 0 bridgehead atoms. The maximum absolute atomic E-state index is 11.6. The van der Waals surface area contributed by atoms with Crippen molar-refractivity contribution < 1.29 is 4.79 Å². The summed E-state index contributed by atoms with van der Waals surface area (Å²) in [7, 11) is 0. The van der Waals surface area contributed by atoms with Gasteiger partial charge in [-0.3, -0.25) is 4.79 Å². The number of nitrogens with zero attached hydrogens (tertiary/aromatic N) is 2. The first kappa shape index (κ1) is 16.5. The molecule has 1 aliphatic heterocycles. The van der Waals surface area contributed by atoms with Gasteiger partial charge < -0.3 is 11.1 Å². The Morgan fingerprint density at radius 2 is 2.07 bits per heavy atom. The third-order valence-corrected chi connectivity index (χ3v) is 6.89. The third kappa shape index (κ3) is 2.28. The van der Waals surface area contributed by atoms with Crippen LogP contribution in [-0.2, 0) is 5.41 Å². The van der Waals surface area contributed by atoms with Crippen molar-refractivity contribution in [3.05, 3.63) is 59.8 Å². The van der Waals surface area contributed by atoms with E-state index < -0.39 is 5.91 Å². The van der Waals surface area contributed by atoms with Gasteiger partial charge in [-0.15, -0.1) is 0 Å². The molecule has 2 fully saturated rings. The molecule has 5 rings (SSSR count). The van der Waals surface area contributed by atoms with E-state index in [9.17, 15) is 4.79 Å². The lowest BCUT2D eigenvalue weighted by molar-refractivity contribution is 0.100. The molecule has 1 aromatic heterocycles. The van der Waals surface area contributed by atoms with Gasteiger partial charge >= 0.3 is 0 Å². The van der Waals surface area contributed by atoms with Crippen LogP contribution in [0.15, 0.2) is 48.7 Å². The number of carbonyl (C=O) groups excluding carboxylic acids is 1. The summed E-state index contributed by atoms with van der Waals surface area (Å²) in [5.74, 6) is -0.448. The third-order valence-electron chi connectivity index (χ3n) is 6.89. The topological polar surface area (TPSA) is 72.9 Å². The molecule has 2 aliphatic rings. The van der Waals surface area contributed by atoms with Crippen molar-refractivity contribution in [2.75, 3.05) is 13.1 Å². The quantitative estimate of drug-likeness (QED) is 0.751. The van der Waals surface area contributed by atoms with Gasteiger partial charge in [0.1, 0.15) is 5.52 Å². The minimum atomic E-state index is -0.448. The molecule has 1 aliphatic carbocycles. The number of hydrogen-bond acceptors (Lipinski definition) is 3. The summed E-state index contributed by atoms with van der Waals surface area (Å²) in [6.07, 6.45) is 5.68. The molecule has 3 aromatic rings. The Hall–Kier alpha value is -2.66. The van der Waals surface area contributed by atoms with Crippen molar-refractivity contribution in [1.29, 1.82) is 0 Å². The van der Waals surface area contributed by atoms with E-state index >= 15 is 0 Å². The fourth-order valence-electron chi connectivity index (χ4n) is 5.20. The Kier molecular flexibility index (Phi) is 3.46. The molecule has 1 amide bonds. The molecule has 2 atom stereocenters. The fourth-order valence-corrected chi connectivity index (χ4v) is 5.20. The van der Waals surface area contributed by atoms with E-state index in [0.717, 1.165) is 24.2 Å². The number of benzene rings is 2. The highest BCUT2D eigenvalue weighted by Gasteiger charge is 2.67. The van der Waals surface area contributed by atoms with Crippen molar-refractivity contribution in [2.45, 2.75) is 31.6 Å². The molecule has 1 saturated carbocycles. The smallest absolute Gasteiger partial charge is 0.250 e. The average Bonchev–Trinajstić information content (AvgIpc) is 3.21. The first-order valence-electron chi connectivity index (χ1n) is 9.68. The standard InChI is InChI=1S/C22H24N4O/c1-2-21-13-22(21,10-11-24-14-21)16-6-8-17(9-7-16)26-12-15-4-3-5-18(20(23)27)19(15)25-26/h3-9,12,24H,2,10-11,13-14H2,1H3,(H2,23,27). The predicted octanol–water partition coefficient (Wildman–Crippen LogP) is 3.16. The number of rotatable bonds is 4. The summed E-state index contributed by atoms with van der Waals surface area (Å²) in [6, 6.07) is 14.3. The zero-order valence-electron chi connectivity index (χ0n) is 15.5. The van der Waals surface area contributed by atoms with Crippen molar-refractivity contribution in [1.82, 2.24) is 15.1 Å². The van der Waals surface area contributed by atoms with E-state index in [4.69, 9.17) is 5.73 Å². The van der Waals surface area contributed by atoms with Gasteiger partial charge in [0.25, 0.3) is 5.91 Å². The number of amides is 1. The van der Waals surface area contributed by atoms with Crippen LogP contribution < -0.4 is 11.1 Å². The minimum Gasteiger partial charge on any atom is -0.366 e. The normalized spacial score (nSPS) is 26.7. The summed E-state index contributed by atoms with van der Waals surface area (Å²) >= 11 is 0. The molecule has 2 aromatic carbocycles. The number of nitrogens with one attached hydrogen (secondary N) is 1. The molecule has 3 N–H and O–H groups in total. The average molecular weight is 360 g/mol. The fraction of sp³-hybridized carbons (Fsp3) is 0.364. The van der Waals surface area contributed by atoms with Crippen LogP contribution in [0.25, 0.3) is 16.6 Å². The number of piperidine rings is 1. The second kappa shape index (κ2) is 5.67. The second-order valence-corrected chi connectivity index (χ2v) is 8.05. The molecule has 1 saturated heterocycles. The largest absolute Gasteiger partial charge is 0.366 e. The van der Waals surface area contributed by atoms with Crippen LogP contribution >= 0.6 is 0 Å². The molecule has 5 heteroatoms. The van der Waals surface area contributed by atoms with Crippen LogP contribution in [0.1, 0.15) is 42.1 Å². The lowest BCUT2D eigenvalue weighted by atomic mass is 9.79. The van der Waals surface area contributed by atoms with Gasteiger partial charge in [0.05, 0.1) is 11.3 Å². The van der Waals surface area contributed by atoms with Gasteiger partial charge in [-0.05, 0) is 55.0 Å². The summed E-state index contributed by atoms with van der Waals surface area (Å²) in [5, 5.41) is 9.10. The number of aromatic nitrogens is 2. The minimum absolute atomic E-state index is 0.347. The molecular weight excluding hydrogens is 336 g/mol. The van der Waals surface area contributed by atoms with Crippen LogP contribution in [0.4, 0.5) is 0 Å². The van der Waals surface area contributed by atoms with E-state index in [1.165, 1.54) is 24.8 Å². The molecule has 2 unspecified atom stereocenters. The van der Waals surface area contributed by atoms with E-state index in [-0.39, 0.29) is 0 Å². The van der Waals surface area contributed by atoms with Gasteiger partial charge in [-0.1, -0.05) is 31.2 Å². The van der Waals surface area contributed by atoms with E-state index in [1.807, 2.05) is 23.0 Å². The van der Waals surface area contributed by atoms with Crippen molar-refractivity contribution in [3.8, 4) is 5.69 Å². The lowest BCUT2D eigenvalue weighted by Gasteiger charge is -2.31.